The van der Waals surface area contributed by atoms with E-state index in [0.29, 0.717) is 6.42 Å². The Labute approximate surface area is 96.7 Å². The van der Waals surface area contributed by atoms with E-state index < -0.39 is 22.9 Å². The maximum atomic E-state index is 13.2. The molecule has 1 atom stereocenters. The van der Waals surface area contributed by atoms with Crippen molar-refractivity contribution in [1.82, 2.24) is 0 Å². The molecule has 1 rings (SSSR count). The zero-order valence-corrected chi connectivity index (χ0v) is 9.56. The minimum atomic E-state index is -0.954. The summed E-state index contributed by atoms with van der Waals surface area (Å²) in [5.74, 6) is -2.19. The standard InChI is InChI=1S/C11H12F2O2S/c1-2-10(11(14)15)16-6-7-8(12)4-3-5-9(7)13/h3-5,10H,2,6H2,1H3,(H,14,15). The maximum absolute atomic E-state index is 13.2. The molecule has 0 saturated heterocycles. The lowest BCUT2D eigenvalue weighted by molar-refractivity contribution is -0.136. The number of aliphatic carboxylic acids is 1. The van der Waals surface area contributed by atoms with Crippen LogP contribution in [0.3, 0.4) is 0 Å². The number of halogens is 2. The second kappa shape index (κ2) is 5.84. The van der Waals surface area contributed by atoms with Crippen LogP contribution in [0.2, 0.25) is 0 Å². The molecule has 16 heavy (non-hydrogen) atoms. The maximum Gasteiger partial charge on any atom is 0.316 e. The third-order valence-corrected chi connectivity index (χ3v) is 3.53. The van der Waals surface area contributed by atoms with Crippen LogP contribution in [0.1, 0.15) is 18.9 Å². The van der Waals surface area contributed by atoms with Gasteiger partial charge < -0.3 is 5.11 Å². The smallest absolute Gasteiger partial charge is 0.316 e. The summed E-state index contributed by atoms with van der Waals surface area (Å²) in [5.41, 5.74) is -0.0628. The second-order valence-corrected chi connectivity index (χ2v) is 4.44. The first-order valence-electron chi connectivity index (χ1n) is 4.83. The summed E-state index contributed by atoms with van der Waals surface area (Å²) in [4.78, 5) is 10.7. The molecule has 5 heteroatoms. The van der Waals surface area contributed by atoms with Gasteiger partial charge in [-0.25, -0.2) is 8.78 Å². The summed E-state index contributed by atoms with van der Waals surface area (Å²) in [6.45, 7) is 1.73. The topological polar surface area (TPSA) is 37.3 Å². The Balaban J connectivity index is 2.70. The van der Waals surface area contributed by atoms with Crippen molar-refractivity contribution in [2.24, 2.45) is 0 Å². The number of benzene rings is 1. The number of carboxylic acid groups (broad SMARTS) is 1. The zero-order valence-electron chi connectivity index (χ0n) is 8.74. The predicted molar refractivity (Wildman–Crippen MR) is 59.4 cm³/mol. The molecule has 1 aromatic rings. The first-order valence-corrected chi connectivity index (χ1v) is 5.88. The quantitative estimate of drug-likeness (QED) is 0.867. The molecule has 1 aromatic carbocycles. The van der Waals surface area contributed by atoms with Crippen molar-refractivity contribution in [2.75, 3.05) is 0 Å². The first-order chi connectivity index (χ1) is 7.56. The van der Waals surface area contributed by atoms with Gasteiger partial charge in [0.1, 0.15) is 16.9 Å². The van der Waals surface area contributed by atoms with Gasteiger partial charge in [0.05, 0.1) is 0 Å². The molecule has 0 aliphatic carbocycles. The van der Waals surface area contributed by atoms with Gasteiger partial charge in [-0.2, -0.15) is 0 Å². The minimum absolute atomic E-state index is 0.0311. The lowest BCUT2D eigenvalue weighted by Gasteiger charge is -2.10. The van der Waals surface area contributed by atoms with Crippen molar-refractivity contribution in [1.29, 1.82) is 0 Å². The molecule has 0 fully saturated rings. The average Bonchev–Trinajstić information content (AvgIpc) is 2.22. The van der Waals surface area contributed by atoms with Gasteiger partial charge in [0.25, 0.3) is 0 Å². The number of hydrogen-bond donors (Lipinski definition) is 1. The van der Waals surface area contributed by atoms with E-state index in [1.165, 1.54) is 18.2 Å². The van der Waals surface area contributed by atoms with Crippen LogP contribution in [0.15, 0.2) is 18.2 Å². The van der Waals surface area contributed by atoms with Crippen LogP contribution in [-0.4, -0.2) is 16.3 Å². The zero-order chi connectivity index (χ0) is 12.1. The number of thioether (sulfide) groups is 1. The molecular weight excluding hydrogens is 234 g/mol. The van der Waals surface area contributed by atoms with Crippen LogP contribution in [0.5, 0.6) is 0 Å². The number of hydrogen-bond acceptors (Lipinski definition) is 2. The molecule has 2 nitrogen and oxygen atoms in total. The lowest BCUT2D eigenvalue weighted by Crippen LogP contribution is -2.15. The van der Waals surface area contributed by atoms with Crippen LogP contribution in [-0.2, 0) is 10.5 Å². The lowest BCUT2D eigenvalue weighted by atomic mass is 10.2. The van der Waals surface area contributed by atoms with Crippen LogP contribution in [0.4, 0.5) is 8.78 Å². The van der Waals surface area contributed by atoms with Gasteiger partial charge in [-0.1, -0.05) is 13.0 Å². The van der Waals surface area contributed by atoms with E-state index in [1.807, 2.05) is 0 Å². The Morgan fingerprint density at radius 2 is 2.00 bits per heavy atom. The van der Waals surface area contributed by atoms with Gasteiger partial charge in [-0.15, -0.1) is 11.8 Å². The summed E-state index contributed by atoms with van der Waals surface area (Å²) in [5, 5.41) is 8.16. The van der Waals surface area contributed by atoms with Crippen molar-refractivity contribution in [3.63, 3.8) is 0 Å². The highest BCUT2D eigenvalue weighted by Gasteiger charge is 2.17. The molecule has 0 aromatic heterocycles. The van der Waals surface area contributed by atoms with Gasteiger partial charge in [0, 0.05) is 11.3 Å². The second-order valence-electron chi connectivity index (χ2n) is 3.25. The molecule has 1 unspecified atom stereocenters. The van der Waals surface area contributed by atoms with Crippen molar-refractivity contribution in [2.45, 2.75) is 24.3 Å². The van der Waals surface area contributed by atoms with Crippen LogP contribution < -0.4 is 0 Å². The Morgan fingerprint density at radius 3 is 2.44 bits per heavy atom. The Hall–Kier alpha value is -1.10. The summed E-state index contributed by atoms with van der Waals surface area (Å²) >= 11 is 1.03. The molecule has 0 bridgehead atoms. The Bertz CT molecular complexity index is 362. The van der Waals surface area contributed by atoms with E-state index in [4.69, 9.17) is 5.11 Å². The highest BCUT2D eigenvalue weighted by atomic mass is 32.2. The fourth-order valence-electron chi connectivity index (χ4n) is 1.22. The van der Waals surface area contributed by atoms with E-state index in [9.17, 15) is 13.6 Å². The highest BCUT2D eigenvalue weighted by molar-refractivity contribution is 7.99. The molecule has 1 N–H and O–H groups in total. The van der Waals surface area contributed by atoms with Crippen molar-refractivity contribution in [3.8, 4) is 0 Å². The van der Waals surface area contributed by atoms with Crippen LogP contribution in [0.25, 0.3) is 0 Å². The molecule has 0 aliphatic heterocycles. The Morgan fingerprint density at radius 1 is 1.44 bits per heavy atom. The molecule has 0 aliphatic rings. The van der Waals surface area contributed by atoms with E-state index in [0.717, 1.165) is 11.8 Å². The largest absolute Gasteiger partial charge is 0.480 e. The minimum Gasteiger partial charge on any atom is -0.480 e. The van der Waals surface area contributed by atoms with Crippen molar-refractivity contribution >= 4 is 17.7 Å². The van der Waals surface area contributed by atoms with E-state index in [2.05, 4.69) is 0 Å². The van der Waals surface area contributed by atoms with E-state index >= 15 is 0 Å². The molecule has 0 radical (unpaired) electrons. The SMILES string of the molecule is CCC(SCc1c(F)cccc1F)C(=O)O. The molecule has 0 amide bonds. The first kappa shape index (κ1) is 13.0. The van der Waals surface area contributed by atoms with Crippen molar-refractivity contribution < 1.29 is 18.7 Å². The van der Waals surface area contributed by atoms with Crippen LogP contribution >= 0.6 is 11.8 Å². The van der Waals surface area contributed by atoms with Gasteiger partial charge in [0.2, 0.25) is 0 Å². The number of rotatable bonds is 5. The van der Waals surface area contributed by atoms with Crippen LogP contribution in [0, 0.1) is 11.6 Å². The average molecular weight is 246 g/mol. The number of carbonyl (C=O) groups is 1. The fourth-order valence-corrected chi connectivity index (χ4v) is 2.24. The van der Waals surface area contributed by atoms with Gasteiger partial charge in [-0.05, 0) is 18.6 Å². The third kappa shape index (κ3) is 3.20. The van der Waals surface area contributed by atoms with E-state index in [1.54, 1.807) is 6.92 Å². The molecule has 88 valence electrons. The normalized spacial score (nSPS) is 12.4. The summed E-state index contributed by atoms with van der Waals surface area (Å²) in [7, 11) is 0. The van der Waals surface area contributed by atoms with Crippen molar-refractivity contribution in [3.05, 3.63) is 35.4 Å². The van der Waals surface area contributed by atoms with Gasteiger partial charge in [-0.3, -0.25) is 4.79 Å². The monoisotopic (exact) mass is 246 g/mol. The third-order valence-electron chi connectivity index (χ3n) is 2.14. The molecular formula is C11H12F2O2S. The highest BCUT2D eigenvalue weighted by Crippen LogP contribution is 2.23. The Kier molecular flexibility index (Phi) is 4.73. The van der Waals surface area contributed by atoms with Gasteiger partial charge >= 0.3 is 5.97 Å². The molecule has 0 spiro atoms. The summed E-state index contributed by atoms with van der Waals surface area (Å²) in [6.07, 6.45) is 0.427. The fraction of sp³-hybridized carbons (Fsp3) is 0.364. The molecule has 0 saturated carbocycles. The summed E-state index contributed by atoms with van der Waals surface area (Å²) in [6, 6.07) is 3.62. The number of carboxylic acids is 1. The predicted octanol–water partition coefficient (Wildman–Crippen LogP) is 3.06. The molecule has 0 heterocycles. The summed E-state index contributed by atoms with van der Waals surface area (Å²) < 4.78 is 26.4. The van der Waals surface area contributed by atoms with E-state index in [-0.39, 0.29) is 11.3 Å². The van der Waals surface area contributed by atoms with Gasteiger partial charge in [0.15, 0.2) is 0 Å².